The maximum atomic E-state index is 12.6. The molecule has 0 spiro atoms. The first-order valence-corrected chi connectivity index (χ1v) is 7.71. The number of hydrogen-bond donors (Lipinski definition) is 0. The summed E-state index contributed by atoms with van der Waals surface area (Å²) in [5, 5.41) is 0. The van der Waals surface area contributed by atoms with Crippen LogP contribution in [0.4, 0.5) is 5.69 Å². The number of allylic oxidation sites excluding steroid dienone is 1. The van der Waals surface area contributed by atoms with E-state index < -0.39 is 11.8 Å². The molecule has 0 fully saturated rings. The molecular formula is C20H15NO4. The fourth-order valence-electron chi connectivity index (χ4n) is 2.64. The first-order valence-electron chi connectivity index (χ1n) is 7.71. The number of carbonyl (C=O) groups is 4. The fraction of sp³-hybridized carbons (Fsp3) is 0.100. The van der Waals surface area contributed by atoms with Gasteiger partial charge in [0.2, 0.25) is 0 Å². The van der Waals surface area contributed by atoms with Crippen LogP contribution in [0.5, 0.6) is 0 Å². The molecule has 0 N–H and O–H groups in total. The van der Waals surface area contributed by atoms with Crippen LogP contribution in [0.15, 0.2) is 48.5 Å². The van der Waals surface area contributed by atoms with Crippen LogP contribution >= 0.6 is 0 Å². The van der Waals surface area contributed by atoms with Crippen molar-refractivity contribution in [3.05, 3.63) is 70.8 Å². The Morgan fingerprint density at radius 1 is 0.880 bits per heavy atom. The number of carbonyl (C=O) groups excluding carboxylic acids is 4. The van der Waals surface area contributed by atoms with Gasteiger partial charge in [-0.15, -0.1) is 0 Å². The minimum absolute atomic E-state index is 0.0642. The Hall–Kier alpha value is -3.34. The number of amides is 2. The van der Waals surface area contributed by atoms with E-state index in [0.717, 1.165) is 10.5 Å². The maximum Gasteiger partial charge on any atom is 0.266 e. The summed E-state index contributed by atoms with van der Waals surface area (Å²) in [5.41, 5.74) is 2.14. The van der Waals surface area contributed by atoms with Crippen LogP contribution in [0.25, 0.3) is 6.08 Å². The molecule has 1 aliphatic heterocycles. The van der Waals surface area contributed by atoms with Gasteiger partial charge in [0, 0.05) is 5.56 Å². The largest absolute Gasteiger partial charge is 0.295 e. The molecule has 25 heavy (non-hydrogen) atoms. The zero-order chi connectivity index (χ0) is 18.1. The van der Waals surface area contributed by atoms with Crippen molar-refractivity contribution in [1.82, 2.24) is 0 Å². The quantitative estimate of drug-likeness (QED) is 0.489. The minimum Gasteiger partial charge on any atom is -0.295 e. The van der Waals surface area contributed by atoms with Gasteiger partial charge in [-0.3, -0.25) is 19.2 Å². The van der Waals surface area contributed by atoms with E-state index in [4.69, 9.17) is 0 Å². The topological polar surface area (TPSA) is 71.5 Å². The molecule has 0 bridgehead atoms. The summed E-state index contributed by atoms with van der Waals surface area (Å²) < 4.78 is 0. The van der Waals surface area contributed by atoms with Crippen LogP contribution in [0.2, 0.25) is 0 Å². The second kappa shape index (κ2) is 6.28. The van der Waals surface area contributed by atoms with Gasteiger partial charge in [0.25, 0.3) is 11.8 Å². The third kappa shape index (κ3) is 3.04. The van der Waals surface area contributed by atoms with E-state index in [9.17, 15) is 19.2 Å². The van der Waals surface area contributed by atoms with Gasteiger partial charge in [0.15, 0.2) is 11.6 Å². The van der Waals surface area contributed by atoms with E-state index in [0.29, 0.717) is 11.3 Å². The van der Waals surface area contributed by atoms with Crippen LogP contribution in [0.3, 0.4) is 0 Å². The Morgan fingerprint density at radius 3 is 2.12 bits per heavy atom. The first kappa shape index (κ1) is 16.5. The highest BCUT2D eigenvalue weighted by Gasteiger charge is 2.36. The van der Waals surface area contributed by atoms with Gasteiger partial charge >= 0.3 is 0 Å². The predicted octanol–water partition coefficient (Wildman–Crippen LogP) is 3.29. The third-order valence-electron chi connectivity index (χ3n) is 3.95. The Labute approximate surface area is 144 Å². The third-order valence-corrected chi connectivity index (χ3v) is 3.95. The van der Waals surface area contributed by atoms with Crippen molar-refractivity contribution < 1.29 is 19.2 Å². The average molecular weight is 333 g/mol. The smallest absolute Gasteiger partial charge is 0.266 e. The van der Waals surface area contributed by atoms with Crippen LogP contribution in [-0.4, -0.2) is 23.4 Å². The molecule has 0 radical (unpaired) electrons. The lowest BCUT2D eigenvalue weighted by Gasteiger charge is -2.13. The van der Waals surface area contributed by atoms with Gasteiger partial charge in [-0.25, -0.2) is 4.90 Å². The van der Waals surface area contributed by atoms with Gasteiger partial charge in [0.1, 0.15) is 0 Å². The number of nitrogens with zero attached hydrogens (tertiary/aromatic N) is 1. The summed E-state index contributed by atoms with van der Waals surface area (Å²) in [4.78, 5) is 48.7. The highest BCUT2D eigenvalue weighted by Crippen LogP contribution is 2.29. The standard InChI is InChI=1S/C20H15NO4/c1-12(22)3-4-14-5-8-16(9-6-14)21-19(24)17-10-7-15(13(2)23)11-18(17)20(21)25/h3-11H,1-2H3/b4-3+. The summed E-state index contributed by atoms with van der Waals surface area (Å²) in [7, 11) is 0. The summed E-state index contributed by atoms with van der Waals surface area (Å²) in [6, 6.07) is 11.3. The Bertz CT molecular complexity index is 939. The molecule has 5 heteroatoms. The van der Waals surface area contributed by atoms with Crippen molar-refractivity contribution >= 4 is 35.1 Å². The number of Topliss-reactive ketones (excluding diaryl/α,β-unsaturated/α-hetero) is 1. The molecule has 1 heterocycles. The molecule has 3 rings (SSSR count). The lowest BCUT2D eigenvalue weighted by atomic mass is 10.0. The molecule has 0 aromatic heterocycles. The molecule has 124 valence electrons. The Balaban J connectivity index is 1.94. The highest BCUT2D eigenvalue weighted by molar-refractivity contribution is 6.34. The molecular weight excluding hydrogens is 318 g/mol. The van der Waals surface area contributed by atoms with E-state index in [1.807, 2.05) is 0 Å². The lowest BCUT2D eigenvalue weighted by Crippen LogP contribution is -2.29. The first-order chi connectivity index (χ1) is 11.9. The minimum atomic E-state index is -0.449. The Morgan fingerprint density at radius 2 is 1.52 bits per heavy atom. The van der Waals surface area contributed by atoms with Crippen molar-refractivity contribution in [3.8, 4) is 0 Å². The van der Waals surface area contributed by atoms with E-state index in [1.54, 1.807) is 36.4 Å². The number of fused-ring (bicyclic) bond motifs is 1. The molecule has 1 aliphatic rings. The molecule has 0 atom stereocenters. The van der Waals surface area contributed by atoms with Crippen molar-refractivity contribution in [2.45, 2.75) is 13.8 Å². The van der Waals surface area contributed by atoms with Gasteiger partial charge in [-0.1, -0.05) is 24.3 Å². The molecule has 0 unspecified atom stereocenters. The molecule has 2 aromatic rings. The molecule has 0 aliphatic carbocycles. The molecule has 2 aromatic carbocycles. The number of rotatable bonds is 4. The summed E-state index contributed by atoms with van der Waals surface area (Å²) in [5.74, 6) is -1.09. The van der Waals surface area contributed by atoms with Crippen LogP contribution in [0.1, 0.15) is 50.5 Å². The maximum absolute atomic E-state index is 12.6. The highest BCUT2D eigenvalue weighted by atomic mass is 16.2. The van der Waals surface area contributed by atoms with Crippen molar-refractivity contribution in [2.24, 2.45) is 0 Å². The van der Waals surface area contributed by atoms with Crippen LogP contribution in [0, 0.1) is 0 Å². The van der Waals surface area contributed by atoms with Crippen molar-refractivity contribution in [2.75, 3.05) is 4.90 Å². The van der Waals surface area contributed by atoms with Crippen molar-refractivity contribution in [3.63, 3.8) is 0 Å². The predicted molar refractivity (Wildman–Crippen MR) is 93.7 cm³/mol. The zero-order valence-electron chi connectivity index (χ0n) is 13.8. The number of benzene rings is 2. The second-order valence-corrected chi connectivity index (χ2v) is 5.80. The summed E-state index contributed by atoms with van der Waals surface area (Å²) >= 11 is 0. The number of hydrogen-bond acceptors (Lipinski definition) is 4. The lowest BCUT2D eigenvalue weighted by molar-refractivity contribution is -0.112. The van der Waals surface area contributed by atoms with Gasteiger partial charge in [0.05, 0.1) is 16.8 Å². The van der Waals surface area contributed by atoms with Gasteiger partial charge in [-0.2, -0.15) is 0 Å². The second-order valence-electron chi connectivity index (χ2n) is 5.80. The normalized spacial score (nSPS) is 13.4. The molecule has 2 amide bonds. The molecule has 5 nitrogen and oxygen atoms in total. The fourth-order valence-corrected chi connectivity index (χ4v) is 2.64. The number of anilines is 1. The summed E-state index contributed by atoms with van der Waals surface area (Å²) in [6.07, 6.45) is 3.11. The van der Waals surface area contributed by atoms with Crippen LogP contribution in [-0.2, 0) is 4.79 Å². The van der Waals surface area contributed by atoms with Gasteiger partial charge < -0.3 is 0 Å². The number of imide groups is 1. The monoisotopic (exact) mass is 333 g/mol. The average Bonchev–Trinajstić information content (AvgIpc) is 2.84. The summed E-state index contributed by atoms with van der Waals surface area (Å²) in [6.45, 7) is 2.87. The van der Waals surface area contributed by atoms with E-state index in [2.05, 4.69) is 0 Å². The number of ketones is 2. The zero-order valence-corrected chi connectivity index (χ0v) is 13.8. The van der Waals surface area contributed by atoms with E-state index in [1.165, 1.54) is 32.1 Å². The Kier molecular flexibility index (Phi) is 4.15. The molecule has 0 saturated carbocycles. The van der Waals surface area contributed by atoms with E-state index in [-0.39, 0.29) is 22.7 Å². The molecule has 0 saturated heterocycles. The SMILES string of the molecule is CC(=O)/C=C/c1ccc(N2C(=O)c3ccc(C(C)=O)cc3C2=O)cc1. The van der Waals surface area contributed by atoms with Gasteiger partial charge in [-0.05, 0) is 49.8 Å². The van der Waals surface area contributed by atoms with E-state index >= 15 is 0 Å². The van der Waals surface area contributed by atoms with Crippen LogP contribution < -0.4 is 4.90 Å². The van der Waals surface area contributed by atoms with Crippen molar-refractivity contribution in [1.29, 1.82) is 0 Å².